The molecule has 2 aromatic carbocycles. The number of carbonyl (C=O) groups excluding carboxylic acids is 1. The minimum absolute atomic E-state index is 0.0538. The summed E-state index contributed by atoms with van der Waals surface area (Å²) in [5.74, 6) is -3.33. The Bertz CT molecular complexity index is 837. The summed E-state index contributed by atoms with van der Waals surface area (Å²) in [5, 5.41) is 11.4. The predicted molar refractivity (Wildman–Crippen MR) is 98.8 cm³/mol. The standard InChI is InChI=1S/C18H14F4INO3/c19-14-9-13(23)5-6-15(14)24-16(25)7-11(8-17(26)27)10-1-3-12(4-2-10)18(20,21)22/h1-6,9,11H,7-8H2,(H,24,25)(H,26,27)/t11-/m0/s1. The number of halogens is 5. The van der Waals surface area contributed by atoms with Crippen LogP contribution in [0.4, 0.5) is 23.2 Å². The Hall–Kier alpha value is -2.17. The summed E-state index contributed by atoms with van der Waals surface area (Å²) in [5.41, 5.74) is -0.642. The highest BCUT2D eigenvalue weighted by Gasteiger charge is 2.30. The van der Waals surface area contributed by atoms with Crippen molar-refractivity contribution in [3.05, 3.63) is 63.0 Å². The van der Waals surface area contributed by atoms with E-state index in [1.165, 1.54) is 12.1 Å². The van der Waals surface area contributed by atoms with Crippen LogP contribution in [0.2, 0.25) is 0 Å². The van der Waals surface area contributed by atoms with E-state index in [0.717, 1.165) is 24.3 Å². The summed E-state index contributed by atoms with van der Waals surface area (Å²) in [6.07, 6.45) is -5.28. The van der Waals surface area contributed by atoms with E-state index in [1.807, 2.05) is 22.6 Å². The lowest BCUT2D eigenvalue weighted by molar-refractivity contribution is -0.138. The summed E-state index contributed by atoms with van der Waals surface area (Å²) in [6, 6.07) is 8.15. The normalized spacial score (nSPS) is 12.5. The number of hydrogen-bond acceptors (Lipinski definition) is 2. The fourth-order valence-corrected chi connectivity index (χ4v) is 2.93. The van der Waals surface area contributed by atoms with Crippen molar-refractivity contribution in [3.8, 4) is 0 Å². The molecule has 0 heterocycles. The van der Waals surface area contributed by atoms with Crippen molar-refractivity contribution in [2.24, 2.45) is 0 Å². The van der Waals surface area contributed by atoms with E-state index < -0.39 is 41.8 Å². The third-order valence-electron chi connectivity index (χ3n) is 3.77. The number of carboxylic acid groups (broad SMARTS) is 1. The number of aliphatic carboxylic acids is 1. The van der Waals surface area contributed by atoms with Crippen LogP contribution in [-0.4, -0.2) is 17.0 Å². The van der Waals surface area contributed by atoms with Crippen LogP contribution in [0.5, 0.6) is 0 Å². The van der Waals surface area contributed by atoms with E-state index in [2.05, 4.69) is 5.32 Å². The molecule has 2 aromatic rings. The highest BCUT2D eigenvalue weighted by atomic mass is 127. The van der Waals surface area contributed by atoms with Gasteiger partial charge in [0.2, 0.25) is 5.91 Å². The van der Waals surface area contributed by atoms with Gasteiger partial charge in [-0.15, -0.1) is 0 Å². The van der Waals surface area contributed by atoms with Crippen molar-refractivity contribution >= 4 is 40.2 Å². The summed E-state index contributed by atoms with van der Waals surface area (Å²) in [6.45, 7) is 0. The van der Waals surface area contributed by atoms with Crippen LogP contribution in [-0.2, 0) is 15.8 Å². The first-order valence-electron chi connectivity index (χ1n) is 7.70. The third-order valence-corrected chi connectivity index (χ3v) is 4.44. The maximum Gasteiger partial charge on any atom is 0.416 e. The topological polar surface area (TPSA) is 66.4 Å². The Labute approximate surface area is 165 Å². The van der Waals surface area contributed by atoms with Crippen LogP contribution in [0, 0.1) is 9.39 Å². The van der Waals surface area contributed by atoms with Crippen molar-refractivity contribution in [2.75, 3.05) is 5.32 Å². The molecule has 0 saturated heterocycles. The van der Waals surface area contributed by atoms with Gasteiger partial charge in [0.25, 0.3) is 0 Å². The van der Waals surface area contributed by atoms with Gasteiger partial charge in [-0.3, -0.25) is 9.59 Å². The van der Waals surface area contributed by atoms with Gasteiger partial charge in [-0.2, -0.15) is 13.2 Å². The van der Waals surface area contributed by atoms with E-state index in [9.17, 15) is 27.2 Å². The van der Waals surface area contributed by atoms with Gasteiger partial charge in [0.1, 0.15) is 5.82 Å². The average molecular weight is 495 g/mol. The number of hydrogen-bond donors (Lipinski definition) is 2. The summed E-state index contributed by atoms with van der Waals surface area (Å²) in [7, 11) is 0. The molecule has 0 aliphatic heterocycles. The summed E-state index contributed by atoms with van der Waals surface area (Å²) < 4.78 is 52.4. The molecule has 4 nitrogen and oxygen atoms in total. The number of anilines is 1. The Morgan fingerprint density at radius 2 is 1.70 bits per heavy atom. The zero-order chi connectivity index (χ0) is 20.2. The van der Waals surface area contributed by atoms with E-state index in [-0.39, 0.29) is 17.7 Å². The molecule has 1 amide bonds. The number of carbonyl (C=O) groups is 2. The molecule has 144 valence electrons. The average Bonchev–Trinajstić information content (AvgIpc) is 2.56. The Balaban J connectivity index is 2.16. The first-order valence-corrected chi connectivity index (χ1v) is 8.78. The lowest BCUT2D eigenvalue weighted by Gasteiger charge is -2.16. The van der Waals surface area contributed by atoms with Gasteiger partial charge in [-0.25, -0.2) is 4.39 Å². The van der Waals surface area contributed by atoms with E-state index in [4.69, 9.17) is 5.11 Å². The van der Waals surface area contributed by atoms with Crippen LogP contribution in [0.1, 0.15) is 29.9 Å². The van der Waals surface area contributed by atoms with Crippen LogP contribution in [0.25, 0.3) is 0 Å². The maximum atomic E-state index is 13.8. The molecule has 9 heteroatoms. The third kappa shape index (κ3) is 6.19. The van der Waals surface area contributed by atoms with Gasteiger partial charge in [0.05, 0.1) is 17.7 Å². The van der Waals surface area contributed by atoms with Gasteiger partial charge in [-0.05, 0) is 58.5 Å². The molecule has 0 radical (unpaired) electrons. The number of rotatable bonds is 6. The minimum atomic E-state index is -4.51. The predicted octanol–water partition coefficient (Wildman–Crippen LogP) is 5.04. The van der Waals surface area contributed by atoms with Crippen LogP contribution < -0.4 is 5.32 Å². The highest BCUT2D eigenvalue weighted by molar-refractivity contribution is 14.1. The smallest absolute Gasteiger partial charge is 0.416 e. The molecule has 1 atom stereocenters. The van der Waals surface area contributed by atoms with Crippen molar-refractivity contribution < 1.29 is 32.3 Å². The fourth-order valence-electron chi connectivity index (χ4n) is 2.48. The largest absolute Gasteiger partial charge is 0.481 e. The summed E-state index contributed by atoms with van der Waals surface area (Å²) >= 11 is 1.91. The summed E-state index contributed by atoms with van der Waals surface area (Å²) in [4.78, 5) is 23.3. The quantitative estimate of drug-likeness (QED) is 0.436. The zero-order valence-corrected chi connectivity index (χ0v) is 15.8. The number of amides is 1. The van der Waals surface area contributed by atoms with Gasteiger partial charge in [0.15, 0.2) is 0 Å². The van der Waals surface area contributed by atoms with E-state index >= 15 is 0 Å². The molecule has 0 unspecified atom stereocenters. The molecule has 0 bridgehead atoms. The Morgan fingerprint density at radius 3 is 2.22 bits per heavy atom. The lowest BCUT2D eigenvalue weighted by atomic mass is 9.91. The molecular formula is C18H14F4INO3. The van der Waals surface area contributed by atoms with Crippen molar-refractivity contribution in [3.63, 3.8) is 0 Å². The van der Waals surface area contributed by atoms with Gasteiger partial charge < -0.3 is 10.4 Å². The Morgan fingerprint density at radius 1 is 1.07 bits per heavy atom. The second-order valence-electron chi connectivity index (χ2n) is 5.79. The number of alkyl halides is 3. The number of nitrogens with one attached hydrogen (secondary N) is 1. The maximum absolute atomic E-state index is 13.8. The Kier molecular flexibility index (Phi) is 6.79. The van der Waals surface area contributed by atoms with Crippen molar-refractivity contribution in [1.82, 2.24) is 0 Å². The molecule has 0 saturated carbocycles. The molecule has 0 aromatic heterocycles. The molecule has 2 N–H and O–H groups in total. The van der Waals surface area contributed by atoms with E-state index in [1.54, 1.807) is 6.07 Å². The lowest BCUT2D eigenvalue weighted by Crippen LogP contribution is -2.18. The van der Waals surface area contributed by atoms with Crippen molar-refractivity contribution in [2.45, 2.75) is 24.9 Å². The molecule has 0 spiro atoms. The minimum Gasteiger partial charge on any atom is -0.481 e. The number of benzene rings is 2. The molecule has 0 fully saturated rings. The van der Waals surface area contributed by atoms with Crippen LogP contribution in [0.15, 0.2) is 42.5 Å². The first-order chi connectivity index (χ1) is 12.6. The molecule has 0 aliphatic carbocycles. The highest BCUT2D eigenvalue weighted by Crippen LogP contribution is 2.32. The van der Waals surface area contributed by atoms with Crippen LogP contribution >= 0.6 is 22.6 Å². The number of carboxylic acids is 1. The van der Waals surface area contributed by atoms with Gasteiger partial charge in [0, 0.05) is 15.9 Å². The molecule has 27 heavy (non-hydrogen) atoms. The van der Waals surface area contributed by atoms with Crippen molar-refractivity contribution in [1.29, 1.82) is 0 Å². The van der Waals surface area contributed by atoms with E-state index in [0.29, 0.717) is 3.57 Å². The molecule has 0 aliphatic rings. The zero-order valence-electron chi connectivity index (χ0n) is 13.7. The monoisotopic (exact) mass is 495 g/mol. The molecular weight excluding hydrogens is 481 g/mol. The fraction of sp³-hybridized carbons (Fsp3) is 0.222. The SMILES string of the molecule is O=C(O)C[C@H](CC(=O)Nc1ccc(I)cc1F)c1ccc(C(F)(F)F)cc1. The van der Waals surface area contributed by atoms with Crippen LogP contribution in [0.3, 0.4) is 0 Å². The molecule has 2 rings (SSSR count). The van der Waals surface area contributed by atoms with Gasteiger partial charge in [-0.1, -0.05) is 12.1 Å². The first kappa shape index (κ1) is 21.1. The van der Waals surface area contributed by atoms with Gasteiger partial charge >= 0.3 is 12.1 Å². The second-order valence-corrected chi connectivity index (χ2v) is 7.04. The second kappa shape index (κ2) is 8.68.